The van der Waals surface area contributed by atoms with Gasteiger partial charge in [-0.1, -0.05) is 5.16 Å². The Kier molecular flexibility index (Phi) is 3.50. The van der Waals surface area contributed by atoms with Crippen LogP contribution >= 0.6 is 0 Å². The molecule has 2 heterocycles. The molecule has 0 aromatic carbocycles. The molecule has 0 radical (unpaired) electrons. The monoisotopic (exact) mass is 225 g/mol. The van der Waals surface area contributed by atoms with Gasteiger partial charge >= 0.3 is 0 Å². The zero-order valence-corrected chi connectivity index (χ0v) is 8.90. The number of carbonyl (C=O) groups excluding carboxylic acids is 1. The molecule has 0 spiro atoms. The van der Waals surface area contributed by atoms with Gasteiger partial charge in [-0.05, 0) is 0 Å². The predicted octanol–water partition coefficient (Wildman–Crippen LogP) is -1.32. The summed E-state index contributed by atoms with van der Waals surface area (Å²) in [5.41, 5.74) is 2.23. The van der Waals surface area contributed by atoms with Crippen molar-refractivity contribution in [3.05, 3.63) is 17.5 Å². The van der Waals surface area contributed by atoms with Crippen LogP contribution in [0.3, 0.4) is 0 Å². The summed E-state index contributed by atoms with van der Waals surface area (Å²) in [6, 6.07) is 1.62. The van der Waals surface area contributed by atoms with Gasteiger partial charge in [-0.2, -0.15) is 0 Å². The van der Waals surface area contributed by atoms with Gasteiger partial charge in [0.15, 0.2) is 11.5 Å². The highest BCUT2D eigenvalue weighted by atomic mass is 16.5. The van der Waals surface area contributed by atoms with E-state index in [0.29, 0.717) is 12.3 Å². The first-order chi connectivity index (χ1) is 7.79. The minimum absolute atomic E-state index is 0.215. The summed E-state index contributed by atoms with van der Waals surface area (Å²) >= 11 is 0. The molecule has 1 aliphatic heterocycles. The fourth-order valence-corrected chi connectivity index (χ4v) is 1.66. The molecule has 0 unspecified atom stereocenters. The largest absolute Gasteiger partial charge is 0.359 e. The molecule has 1 aromatic heterocycles. The normalized spacial score (nSPS) is 17.3. The number of piperazine rings is 1. The van der Waals surface area contributed by atoms with Gasteiger partial charge in [0.05, 0.1) is 6.54 Å². The fourth-order valence-electron chi connectivity index (χ4n) is 1.66. The number of aromatic nitrogens is 1. The molecule has 1 saturated heterocycles. The van der Waals surface area contributed by atoms with Crippen LogP contribution in [0.1, 0.15) is 16.2 Å². The van der Waals surface area contributed by atoms with Crippen LogP contribution in [0.5, 0.6) is 0 Å². The lowest BCUT2D eigenvalue weighted by molar-refractivity contribution is 0.0944. The van der Waals surface area contributed by atoms with Crippen LogP contribution in [0.15, 0.2) is 10.6 Å². The molecule has 7 nitrogen and oxygen atoms in total. The first-order valence-electron chi connectivity index (χ1n) is 5.19. The van der Waals surface area contributed by atoms with Crippen molar-refractivity contribution >= 4 is 5.91 Å². The number of hydrazine groups is 1. The highest BCUT2D eigenvalue weighted by molar-refractivity contribution is 5.91. The van der Waals surface area contributed by atoms with Gasteiger partial charge in [0.1, 0.15) is 0 Å². The van der Waals surface area contributed by atoms with Gasteiger partial charge in [0.2, 0.25) is 0 Å². The molecule has 16 heavy (non-hydrogen) atoms. The number of carbonyl (C=O) groups is 1. The van der Waals surface area contributed by atoms with E-state index in [1.165, 1.54) is 0 Å². The lowest BCUT2D eigenvalue weighted by Gasteiger charge is -2.25. The predicted molar refractivity (Wildman–Crippen MR) is 56.3 cm³/mol. The molecular formula is C9H15N5O2. The third-order valence-electron chi connectivity index (χ3n) is 2.51. The van der Waals surface area contributed by atoms with Crippen LogP contribution in [0.2, 0.25) is 0 Å². The topological polar surface area (TPSA) is 96.4 Å². The van der Waals surface area contributed by atoms with Crippen molar-refractivity contribution in [3.8, 4) is 0 Å². The van der Waals surface area contributed by atoms with E-state index in [0.717, 1.165) is 26.2 Å². The lowest BCUT2D eigenvalue weighted by atomic mass is 10.3. The second kappa shape index (κ2) is 5.06. The Balaban J connectivity index is 1.94. The SMILES string of the molecule is NNC(=O)c1cc(CN2CCNCC2)on1. The summed E-state index contributed by atoms with van der Waals surface area (Å²) in [6.45, 7) is 4.57. The van der Waals surface area contributed by atoms with Gasteiger partial charge in [-0.25, -0.2) is 5.84 Å². The van der Waals surface area contributed by atoms with Crippen LogP contribution in [-0.2, 0) is 6.54 Å². The maximum absolute atomic E-state index is 11.1. The minimum Gasteiger partial charge on any atom is -0.359 e. The van der Waals surface area contributed by atoms with Gasteiger partial charge in [-0.3, -0.25) is 15.1 Å². The van der Waals surface area contributed by atoms with E-state index in [9.17, 15) is 4.79 Å². The maximum atomic E-state index is 11.1. The van der Waals surface area contributed by atoms with Crippen LogP contribution in [0, 0.1) is 0 Å². The number of rotatable bonds is 3. The zero-order chi connectivity index (χ0) is 11.4. The Hall–Kier alpha value is -1.44. The number of amides is 1. The van der Waals surface area contributed by atoms with Crippen LogP contribution < -0.4 is 16.6 Å². The second-order valence-electron chi connectivity index (χ2n) is 3.68. The first kappa shape index (κ1) is 11.1. The molecule has 0 aliphatic carbocycles. The Morgan fingerprint density at radius 1 is 1.62 bits per heavy atom. The van der Waals surface area contributed by atoms with Crippen LogP contribution in [0.4, 0.5) is 0 Å². The molecule has 88 valence electrons. The molecule has 2 rings (SSSR count). The molecule has 1 aliphatic rings. The maximum Gasteiger partial charge on any atom is 0.287 e. The smallest absolute Gasteiger partial charge is 0.287 e. The minimum atomic E-state index is -0.435. The quantitative estimate of drug-likeness (QED) is 0.335. The van der Waals surface area contributed by atoms with Crippen molar-refractivity contribution in [1.82, 2.24) is 20.8 Å². The van der Waals surface area contributed by atoms with Crippen molar-refractivity contribution in [3.63, 3.8) is 0 Å². The molecule has 0 atom stereocenters. The molecule has 0 bridgehead atoms. The summed E-state index contributed by atoms with van der Waals surface area (Å²) in [5.74, 6) is 5.24. The third-order valence-corrected chi connectivity index (χ3v) is 2.51. The van der Waals surface area contributed by atoms with E-state index >= 15 is 0 Å². The van der Waals surface area contributed by atoms with Gasteiger partial charge in [0.25, 0.3) is 5.91 Å². The standard InChI is InChI=1S/C9H15N5O2/c10-12-9(15)8-5-7(16-13-8)6-14-3-1-11-2-4-14/h5,11H,1-4,6,10H2,(H,12,15). The number of nitrogens with zero attached hydrogens (tertiary/aromatic N) is 2. The summed E-state index contributed by atoms with van der Waals surface area (Å²) in [7, 11) is 0. The van der Waals surface area contributed by atoms with Crippen molar-refractivity contribution in [1.29, 1.82) is 0 Å². The Bertz CT molecular complexity index is 359. The molecule has 1 aromatic rings. The summed E-state index contributed by atoms with van der Waals surface area (Å²) in [5, 5.41) is 6.91. The number of nitrogens with two attached hydrogens (primary N) is 1. The third kappa shape index (κ3) is 2.57. The Morgan fingerprint density at radius 3 is 3.06 bits per heavy atom. The summed E-state index contributed by atoms with van der Waals surface area (Å²) < 4.78 is 5.06. The number of hydrogen-bond acceptors (Lipinski definition) is 6. The van der Waals surface area contributed by atoms with E-state index in [2.05, 4.69) is 15.4 Å². The highest BCUT2D eigenvalue weighted by Gasteiger charge is 2.15. The van der Waals surface area contributed by atoms with Gasteiger partial charge < -0.3 is 9.84 Å². The van der Waals surface area contributed by atoms with Crippen LogP contribution in [0.25, 0.3) is 0 Å². The highest BCUT2D eigenvalue weighted by Crippen LogP contribution is 2.07. The van der Waals surface area contributed by atoms with Crippen LogP contribution in [-0.4, -0.2) is 42.1 Å². The molecule has 7 heteroatoms. The average molecular weight is 225 g/mol. The second-order valence-corrected chi connectivity index (χ2v) is 3.68. The van der Waals surface area contributed by atoms with E-state index < -0.39 is 5.91 Å². The van der Waals surface area contributed by atoms with E-state index in [1.807, 2.05) is 5.43 Å². The average Bonchev–Trinajstić information content (AvgIpc) is 2.78. The van der Waals surface area contributed by atoms with Crippen molar-refractivity contribution in [2.24, 2.45) is 5.84 Å². The van der Waals surface area contributed by atoms with E-state index in [4.69, 9.17) is 10.4 Å². The number of nitrogens with one attached hydrogen (secondary N) is 2. The summed E-state index contributed by atoms with van der Waals surface area (Å²) in [4.78, 5) is 13.4. The van der Waals surface area contributed by atoms with Gasteiger partial charge in [-0.15, -0.1) is 0 Å². The fraction of sp³-hybridized carbons (Fsp3) is 0.556. The number of nitrogen functional groups attached to an aromatic ring is 1. The zero-order valence-electron chi connectivity index (χ0n) is 8.90. The van der Waals surface area contributed by atoms with Crippen molar-refractivity contribution in [2.45, 2.75) is 6.54 Å². The Morgan fingerprint density at radius 2 is 2.38 bits per heavy atom. The van der Waals surface area contributed by atoms with E-state index in [1.54, 1.807) is 6.07 Å². The Labute approximate surface area is 92.9 Å². The summed E-state index contributed by atoms with van der Waals surface area (Å²) in [6.07, 6.45) is 0. The number of hydrogen-bond donors (Lipinski definition) is 3. The molecule has 1 amide bonds. The molecular weight excluding hydrogens is 210 g/mol. The first-order valence-corrected chi connectivity index (χ1v) is 5.19. The molecule has 1 fully saturated rings. The molecule has 4 N–H and O–H groups in total. The lowest BCUT2D eigenvalue weighted by Crippen LogP contribution is -2.42. The van der Waals surface area contributed by atoms with Crippen molar-refractivity contribution < 1.29 is 9.32 Å². The van der Waals surface area contributed by atoms with E-state index in [-0.39, 0.29) is 5.69 Å². The van der Waals surface area contributed by atoms with Crippen molar-refractivity contribution in [2.75, 3.05) is 26.2 Å². The van der Waals surface area contributed by atoms with Gasteiger partial charge in [0, 0.05) is 32.2 Å². The molecule has 0 saturated carbocycles.